The second-order valence-electron chi connectivity index (χ2n) is 9.56. The van der Waals surface area contributed by atoms with Crippen molar-refractivity contribution in [1.82, 2.24) is 30.0 Å². The Morgan fingerprint density at radius 2 is 2.11 bits per heavy atom. The average Bonchev–Trinajstić information content (AvgIpc) is 3.62. The number of nitriles is 1. The van der Waals surface area contributed by atoms with Crippen LogP contribution < -0.4 is 4.74 Å². The summed E-state index contributed by atoms with van der Waals surface area (Å²) in [7, 11) is 1.57. The van der Waals surface area contributed by atoms with E-state index in [1.165, 1.54) is 5.56 Å². The Kier molecular flexibility index (Phi) is 5.87. The second-order valence-corrected chi connectivity index (χ2v) is 9.56. The van der Waals surface area contributed by atoms with Crippen LogP contribution in [0.5, 0.6) is 5.75 Å². The Balaban J connectivity index is 1.11. The maximum absolute atomic E-state index is 13.6. The number of ether oxygens (including phenoxy) is 2. The van der Waals surface area contributed by atoms with Crippen LogP contribution in [0.4, 0.5) is 0 Å². The minimum Gasteiger partial charge on any atom is -0.495 e. The number of carbonyl (C=O) groups excluding carboxylic acids is 1. The Morgan fingerprint density at radius 1 is 1.19 bits per heavy atom. The van der Waals surface area contributed by atoms with Crippen LogP contribution in [0.3, 0.4) is 0 Å². The van der Waals surface area contributed by atoms with E-state index in [0.29, 0.717) is 31.0 Å². The Morgan fingerprint density at radius 3 is 2.92 bits per heavy atom. The highest BCUT2D eigenvalue weighted by Gasteiger charge is 2.39. The molecule has 36 heavy (non-hydrogen) atoms. The third-order valence-electron chi connectivity index (χ3n) is 7.64. The average molecular weight is 486 g/mol. The maximum Gasteiger partial charge on any atom is 0.230 e. The Bertz CT molecular complexity index is 1320. The van der Waals surface area contributed by atoms with Gasteiger partial charge in [-0.1, -0.05) is 12.1 Å². The van der Waals surface area contributed by atoms with E-state index in [1.54, 1.807) is 24.2 Å². The summed E-state index contributed by atoms with van der Waals surface area (Å²) in [6, 6.07) is 14.1. The first-order valence-electron chi connectivity index (χ1n) is 12.2. The second kappa shape index (κ2) is 9.33. The van der Waals surface area contributed by atoms with E-state index >= 15 is 0 Å². The fraction of sp³-hybridized carbons (Fsp3) is 0.423. The summed E-state index contributed by atoms with van der Waals surface area (Å²) in [5.74, 6) is 0.679. The number of piperazine rings is 1. The fourth-order valence-corrected chi connectivity index (χ4v) is 5.69. The molecule has 10 nitrogen and oxygen atoms in total. The van der Waals surface area contributed by atoms with Gasteiger partial charge in [-0.25, -0.2) is 4.68 Å². The van der Waals surface area contributed by atoms with Gasteiger partial charge in [-0.05, 0) is 64.2 Å². The van der Waals surface area contributed by atoms with Gasteiger partial charge in [-0.15, -0.1) is 5.10 Å². The van der Waals surface area contributed by atoms with Crippen LogP contribution in [0.2, 0.25) is 0 Å². The molecule has 10 heteroatoms. The Labute approximate surface area is 209 Å². The van der Waals surface area contributed by atoms with Crippen LogP contribution in [0.1, 0.15) is 40.7 Å². The summed E-state index contributed by atoms with van der Waals surface area (Å²) in [5, 5.41) is 20.6. The predicted molar refractivity (Wildman–Crippen MR) is 129 cm³/mol. The smallest absolute Gasteiger partial charge is 0.230 e. The van der Waals surface area contributed by atoms with Gasteiger partial charge in [0.1, 0.15) is 18.1 Å². The number of morpholine rings is 1. The highest BCUT2D eigenvalue weighted by atomic mass is 16.5. The van der Waals surface area contributed by atoms with E-state index in [1.807, 2.05) is 23.1 Å². The largest absolute Gasteiger partial charge is 0.495 e. The molecular formula is C26H27N7O3. The van der Waals surface area contributed by atoms with Crippen molar-refractivity contribution < 1.29 is 14.3 Å². The summed E-state index contributed by atoms with van der Waals surface area (Å²) in [5.41, 5.74) is 4.75. The number of benzene rings is 2. The van der Waals surface area contributed by atoms with Gasteiger partial charge in [0, 0.05) is 26.2 Å². The molecule has 2 saturated heterocycles. The van der Waals surface area contributed by atoms with Crippen LogP contribution in [-0.4, -0.2) is 81.9 Å². The summed E-state index contributed by atoms with van der Waals surface area (Å²) < 4.78 is 13.2. The molecule has 1 aliphatic carbocycles. The van der Waals surface area contributed by atoms with Gasteiger partial charge < -0.3 is 14.4 Å². The third kappa shape index (κ3) is 4.00. The summed E-state index contributed by atoms with van der Waals surface area (Å²) in [6.07, 6.45) is 3.20. The number of aryl methyl sites for hydroxylation is 1. The van der Waals surface area contributed by atoms with Crippen molar-refractivity contribution in [3.05, 3.63) is 65.0 Å². The lowest BCUT2D eigenvalue weighted by Crippen LogP contribution is -2.60. The molecule has 2 fully saturated rings. The minimum atomic E-state index is -0.0992. The number of tetrazole rings is 1. The molecule has 0 radical (unpaired) electrons. The van der Waals surface area contributed by atoms with Crippen LogP contribution in [0.15, 0.2) is 42.7 Å². The molecule has 0 saturated carbocycles. The van der Waals surface area contributed by atoms with Crippen molar-refractivity contribution in [2.45, 2.75) is 30.9 Å². The lowest BCUT2D eigenvalue weighted by molar-refractivity contribution is -0.141. The van der Waals surface area contributed by atoms with E-state index in [-0.39, 0.29) is 24.0 Å². The highest BCUT2D eigenvalue weighted by molar-refractivity contribution is 5.85. The number of hydrogen-bond donors (Lipinski definition) is 0. The van der Waals surface area contributed by atoms with E-state index in [9.17, 15) is 10.1 Å². The molecule has 0 N–H and O–H groups in total. The number of rotatable bonds is 4. The Hall–Kier alpha value is -3.81. The number of carbonyl (C=O) groups is 1. The van der Waals surface area contributed by atoms with Crippen LogP contribution >= 0.6 is 0 Å². The number of hydrogen-bond acceptors (Lipinski definition) is 8. The molecular weight excluding hydrogens is 458 g/mol. The van der Waals surface area contributed by atoms with Crippen molar-refractivity contribution in [2.24, 2.45) is 0 Å². The zero-order valence-electron chi connectivity index (χ0n) is 20.1. The van der Waals surface area contributed by atoms with Gasteiger partial charge in [0.15, 0.2) is 0 Å². The predicted octanol–water partition coefficient (Wildman–Crippen LogP) is 1.86. The van der Waals surface area contributed by atoms with Gasteiger partial charge in [-0.3, -0.25) is 9.69 Å². The highest BCUT2D eigenvalue weighted by Crippen LogP contribution is 2.37. The molecule has 2 aromatic carbocycles. The number of amides is 1. The van der Waals surface area contributed by atoms with E-state index in [2.05, 4.69) is 38.6 Å². The zero-order valence-corrected chi connectivity index (χ0v) is 20.1. The first-order valence-corrected chi connectivity index (χ1v) is 12.2. The van der Waals surface area contributed by atoms with E-state index in [0.717, 1.165) is 42.7 Å². The molecule has 3 heterocycles. The van der Waals surface area contributed by atoms with E-state index < -0.39 is 0 Å². The third-order valence-corrected chi connectivity index (χ3v) is 7.64. The maximum atomic E-state index is 13.6. The van der Waals surface area contributed by atoms with Gasteiger partial charge in [0.25, 0.3) is 0 Å². The first-order chi connectivity index (χ1) is 17.6. The number of fused-ring (bicyclic) bond motifs is 2. The molecule has 1 aromatic heterocycles. The van der Waals surface area contributed by atoms with Gasteiger partial charge in [-0.2, -0.15) is 5.26 Å². The summed E-state index contributed by atoms with van der Waals surface area (Å²) in [6.45, 7) is 3.53. The molecule has 3 aliphatic rings. The van der Waals surface area contributed by atoms with Gasteiger partial charge in [0.2, 0.25) is 5.91 Å². The van der Waals surface area contributed by atoms with Gasteiger partial charge in [0.05, 0.1) is 43.0 Å². The zero-order chi connectivity index (χ0) is 24.6. The minimum absolute atomic E-state index is 0.0822. The van der Waals surface area contributed by atoms with Crippen molar-refractivity contribution in [1.29, 1.82) is 5.26 Å². The van der Waals surface area contributed by atoms with Crippen molar-refractivity contribution >= 4 is 5.91 Å². The topological polar surface area (TPSA) is 109 Å². The molecule has 3 atom stereocenters. The van der Waals surface area contributed by atoms with E-state index in [4.69, 9.17) is 9.47 Å². The van der Waals surface area contributed by atoms with Gasteiger partial charge >= 0.3 is 0 Å². The molecule has 6 rings (SSSR count). The van der Waals surface area contributed by atoms with Crippen molar-refractivity contribution in [3.8, 4) is 17.5 Å². The molecule has 3 aromatic rings. The fourth-order valence-electron chi connectivity index (χ4n) is 5.69. The first kappa shape index (κ1) is 22.6. The lowest BCUT2D eigenvalue weighted by Gasteiger charge is -2.46. The molecule has 0 bridgehead atoms. The quantitative estimate of drug-likeness (QED) is 0.551. The number of nitrogens with zero attached hydrogens (tertiary/aromatic N) is 7. The molecule has 0 spiro atoms. The normalized spacial score (nSPS) is 23.6. The molecule has 1 amide bonds. The van der Waals surface area contributed by atoms with Crippen LogP contribution in [0.25, 0.3) is 5.69 Å². The number of aromatic nitrogens is 4. The summed E-state index contributed by atoms with van der Waals surface area (Å²) in [4.78, 5) is 18.0. The molecule has 184 valence electrons. The molecule has 2 aliphatic heterocycles. The van der Waals surface area contributed by atoms with Crippen molar-refractivity contribution in [3.63, 3.8) is 0 Å². The monoisotopic (exact) mass is 485 g/mol. The van der Waals surface area contributed by atoms with Crippen LogP contribution in [0, 0.1) is 11.3 Å². The standard InChI is InChI=1S/C26H27N7O3/c1-35-24-11-18(2-3-19(24)12-27)25-14-31-8-9-32(13-21(31)15-36-25)26(34)23-6-4-17-10-20(5-7-22(17)23)33-16-28-29-30-33/h2-3,5,7,10-11,16,21,23,25H,4,6,8-9,13-15H2,1H3/t21-,23?,25+/m1/s1. The SMILES string of the molecule is COc1cc([C@@H]2CN3CCN(C(=O)C4CCc5cc(-n6cnnn6)ccc54)C[C@@H]3CO2)ccc1C#N. The van der Waals surface area contributed by atoms with Crippen molar-refractivity contribution in [2.75, 3.05) is 39.9 Å². The lowest BCUT2D eigenvalue weighted by atomic mass is 9.97. The summed E-state index contributed by atoms with van der Waals surface area (Å²) >= 11 is 0. The molecule has 1 unspecified atom stereocenters. The van der Waals surface area contributed by atoms with Crippen LogP contribution in [-0.2, 0) is 16.0 Å². The number of methoxy groups -OCH3 is 1.